The van der Waals surface area contributed by atoms with E-state index in [2.05, 4.69) is 24.5 Å². The molecule has 0 aliphatic carbocycles. The fourth-order valence-electron chi connectivity index (χ4n) is 5.68. The second-order valence-electron chi connectivity index (χ2n) is 14.4. The molecule has 0 aromatic carbocycles. The van der Waals surface area contributed by atoms with E-state index in [0.717, 1.165) is 19.3 Å². The Morgan fingerprint density at radius 2 is 1.05 bits per heavy atom. The van der Waals surface area contributed by atoms with E-state index in [9.17, 15) is 14.2 Å². The van der Waals surface area contributed by atoms with Gasteiger partial charge < -0.3 is 49.8 Å². The van der Waals surface area contributed by atoms with E-state index in [4.69, 9.17) is 39.2 Å². The second-order valence-corrected chi connectivity index (χ2v) is 17.2. The Labute approximate surface area is 338 Å². The van der Waals surface area contributed by atoms with Crippen LogP contribution in [0.15, 0.2) is 0 Å². The van der Waals surface area contributed by atoms with E-state index in [1.807, 2.05) is 0 Å². The highest BCUT2D eigenvalue weighted by Crippen LogP contribution is 2.33. The molecule has 55 heavy (non-hydrogen) atoms. The molecule has 0 heterocycles. The zero-order chi connectivity index (χ0) is 40.5. The summed E-state index contributed by atoms with van der Waals surface area (Å²) in [5, 5.41) is 6.00. The van der Waals surface area contributed by atoms with Crippen LogP contribution in [0, 0.1) is 0 Å². The summed E-state index contributed by atoms with van der Waals surface area (Å²) < 4.78 is 38.1. The summed E-state index contributed by atoms with van der Waals surface area (Å²) in [5.41, 5.74) is 6.17. The normalized spacial score (nSPS) is 12.9. The molecule has 6 N–H and O–H groups in total. The number of nitrogens with one attached hydrogen (secondary N) is 2. The minimum Gasteiger partial charge on any atom is -0.379 e. The smallest absolute Gasteiger partial charge is 0.327 e. The SMILES string of the molecule is CCCCCCCCCCCCOC[C@H](CSC[C@H](N)C(=O)NCCOCCOCCOCCOCCP(=O)(O)O)NC(=O)CCCCCCCCCCC. The van der Waals surface area contributed by atoms with Gasteiger partial charge in [0.15, 0.2) is 0 Å². The molecule has 0 aliphatic rings. The molecule has 328 valence electrons. The first-order chi connectivity index (χ1) is 26.7. The molecule has 13 nitrogen and oxygen atoms in total. The molecule has 0 saturated heterocycles. The highest BCUT2D eigenvalue weighted by atomic mass is 32.2. The molecule has 0 spiro atoms. The molecule has 0 aliphatic heterocycles. The monoisotopic (exact) mass is 828 g/mol. The van der Waals surface area contributed by atoms with E-state index >= 15 is 0 Å². The van der Waals surface area contributed by atoms with Crippen LogP contribution in [0.4, 0.5) is 0 Å². The average Bonchev–Trinajstić information content (AvgIpc) is 3.15. The van der Waals surface area contributed by atoms with Crippen LogP contribution in [0.3, 0.4) is 0 Å². The van der Waals surface area contributed by atoms with Gasteiger partial charge in [-0.25, -0.2) is 0 Å². The summed E-state index contributed by atoms with van der Waals surface area (Å²) in [6.45, 7) is 8.37. The van der Waals surface area contributed by atoms with Crippen LogP contribution < -0.4 is 16.4 Å². The number of thioether (sulfide) groups is 1. The third kappa shape index (κ3) is 42.6. The molecule has 0 aromatic heterocycles. The lowest BCUT2D eigenvalue weighted by molar-refractivity contribution is -0.123. The molecular weight excluding hydrogens is 745 g/mol. The maximum absolute atomic E-state index is 12.8. The number of hydrogen-bond acceptors (Lipinski definition) is 10. The Bertz CT molecular complexity index is 905. The maximum atomic E-state index is 12.8. The fraction of sp³-hybridized carbons (Fsp3) is 0.950. The molecule has 0 bridgehead atoms. The first-order valence-corrected chi connectivity index (χ1v) is 24.5. The zero-order valence-electron chi connectivity index (χ0n) is 34.8. The first kappa shape index (κ1) is 54.2. The lowest BCUT2D eigenvalue weighted by atomic mass is 10.1. The number of unbranched alkanes of at least 4 members (excludes halogenated alkanes) is 17. The van der Waals surface area contributed by atoms with Gasteiger partial charge in [-0.05, 0) is 12.8 Å². The topological polar surface area (TPSA) is 188 Å². The maximum Gasteiger partial charge on any atom is 0.327 e. The Hall–Kier alpha value is -0.800. The van der Waals surface area contributed by atoms with Crippen LogP contribution in [-0.2, 0) is 37.8 Å². The minimum atomic E-state index is -4.03. The highest BCUT2D eigenvalue weighted by Gasteiger charge is 2.17. The van der Waals surface area contributed by atoms with E-state index in [1.54, 1.807) is 11.8 Å². The lowest BCUT2D eigenvalue weighted by Gasteiger charge is -2.20. The quantitative estimate of drug-likeness (QED) is 0.0322. The minimum absolute atomic E-state index is 0.0108. The molecular formula is C40H82N3O10PS. The van der Waals surface area contributed by atoms with Gasteiger partial charge in [0.05, 0.1) is 77.7 Å². The van der Waals surface area contributed by atoms with Gasteiger partial charge in [0.2, 0.25) is 11.8 Å². The van der Waals surface area contributed by atoms with Crippen LogP contribution in [0.1, 0.15) is 142 Å². The summed E-state index contributed by atoms with van der Waals surface area (Å²) in [6.07, 6.45) is 24.0. The summed E-state index contributed by atoms with van der Waals surface area (Å²) in [6, 6.07) is -0.797. The predicted octanol–water partition coefficient (Wildman–Crippen LogP) is 6.75. The van der Waals surface area contributed by atoms with Crippen LogP contribution in [0.5, 0.6) is 0 Å². The zero-order valence-corrected chi connectivity index (χ0v) is 36.5. The van der Waals surface area contributed by atoms with Crippen molar-refractivity contribution in [2.24, 2.45) is 5.73 Å². The number of nitrogens with two attached hydrogens (primary N) is 1. The Morgan fingerprint density at radius 3 is 1.56 bits per heavy atom. The largest absolute Gasteiger partial charge is 0.379 e. The Kier molecular flexibility index (Phi) is 40.8. The van der Waals surface area contributed by atoms with Crippen molar-refractivity contribution in [1.29, 1.82) is 0 Å². The van der Waals surface area contributed by atoms with Gasteiger partial charge in [0, 0.05) is 31.1 Å². The van der Waals surface area contributed by atoms with Crippen molar-refractivity contribution in [2.75, 3.05) is 90.3 Å². The molecule has 15 heteroatoms. The van der Waals surface area contributed by atoms with Crippen LogP contribution >= 0.6 is 19.4 Å². The van der Waals surface area contributed by atoms with Gasteiger partial charge in [-0.2, -0.15) is 11.8 Å². The standard InChI is InChI=1S/C40H82N3O10PS/c1-3-5-7-9-11-13-15-17-19-21-24-53-34-37(43-39(44)22-20-18-16-14-12-10-8-6-4-2)35-55-36-38(41)40(45)42-23-25-49-26-27-50-28-29-51-30-31-52-32-33-54(46,47)48/h37-38H,3-36,41H2,1-2H3,(H,42,45)(H,43,44)(H2,46,47,48)/t37-,38+/m1/s1. The molecule has 0 radical (unpaired) electrons. The van der Waals surface area contributed by atoms with Crippen LogP contribution in [0.25, 0.3) is 0 Å². The van der Waals surface area contributed by atoms with E-state index in [-0.39, 0.29) is 37.2 Å². The number of amides is 2. The first-order valence-electron chi connectivity index (χ1n) is 21.5. The Morgan fingerprint density at radius 1 is 0.600 bits per heavy atom. The summed E-state index contributed by atoms with van der Waals surface area (Å²) in [5.74, 6) is 0.894. The molecule has 0 fully saturated rings. The van der Waals surface area contributed by atoms with E-state index in [1.165, 1.54) is 103 Å². The molecule has 2 atom stereocenters. The van der Waals surface area contributed by atoms with Crippen LogP contribution in [-0.4, -0.2) is 124 Å². The van der Waals surface area contributed by atoms with E-state index < -0.39 is 13.6 Å². The summed E-state index contributed by atoms with van der Waals surface area (Å²) in [7, 11) is -4.03. The summed E-state index contributed by atoms with van der Waals surface area (Å²) >= 11 is 1.56. The van der Waals surface area contributed by atoms with Gasteiger partial charge in [0.25, 0.3) is 0 Å². The summed E-state index contributed by atoms with van der Waals surface area (Å²) in [4.78, 5) is 42.9. The van der Waals surface area contributed by atoms with Crippen molar-refractivity contribution >= 4 is 31.2 Å². The van der Waals surface area contributed by atoms with Crippen molar-refractivity contribution in [2.45, 2.75) is 154 Å². The van der Waals surface area contributed by atoms with Crippen molar-refractivity contribution < 1.29 is 47.6 Å². The van der Waals surface area contributed by atoms with Crippen LogP contribution in [0.2, 0.25) is 0 Å². The van der Waals surface area contributed by atoms with Crippen molar-refractivity contribution in [3.05, 3.63) is 0 Å². The number of carbonyl (C=O) groups is 2. The molecule has 0 unspecified atom stereocenters. The molecule has 0 saturated carbocycles. The second kappa shape index (κ2) is 41.4. The average molecular weight is 828 g/mol. The fourth-order valence-corrected chi connectivity index (χ4v) is 7.05. The van der Waals surface area contributed by atoms with Crippen molar-refractivity contribution in [1.82, 2.24) is 10.6 Å². The highest BCUT2D eigenvalue weighted by molar-refractivity contribution is 7.99. The van der Waals surface area contributed by atoms with Gasteiger partial charge >= 0.3 is 7.60 Å². The molecule has 0 rings (SSSR count). The van der Waals surface area contributed by atoms with E-state index in [0.29, 0.717) is 77.3 Å². The van der Waals surface area contributed by atoms with Gasteiger partial charge in [-0.3, -0.25) is 14.2 Å². The van der Waals surface area contributed by atoms with Crippen molar-refractivity contribution in [3.63, 3.8) is 0 Å². The third-order valence-electron chi connectivity index (χ3n) is 8.98. The molecule has 0 aromatic rings. The molecule has 2 amide bonds. The number of rotatable bonds is 44. The van der Waals surface area contributed by atoms with Crippen molar-refractivity contribution in [3.8, 4) is 0 Å². The number of carbonyl (C=O) groups excluding carboxylic acids is 2. The Balaban J connectivity index is 4.19. The number of hydrogen-bond donors (Lipinski definition) is 5. The van der Waals surface area contributed by atoms with Gasteiger partial charge in [0.1, 0.15) is 0 Å². The number of ether oxygens (including phenoxy) is 5. The third-order valence-corrected chi connectivity index (χ3v) is 11.0. The van der Waals surface area contributed by atoms with Gasteiger partial charge in [-0.15, -0.1) is 0 Å². The predicted molar refractivity (Wildman–Crippen MR) is 225 cm³/mol. The van der Waals surface area contributed by atoms with Gasteiger partial charge in [-0.1, -0.05) is 123 Å². The lowest BCUT2D eigenvalue weighted by Crippen LogP contribution is -2.44.